The Kier molecular flexibility index (Phi) is 1.84. The zero-order valence-corrected chi connectivity index (χ0v) is 8.13. The van der Waals surface area contributed by atoms with Gasteiger partial charge in [0.2, 0.25) is 0 Å². The number of Topliss-reactive ketones (excluding diaryl/α,β-unsaturated/α-hetero) is 1. The minimum absolute atomic E-state index is 0.0420. The van der Waals surface area contributed by atoms with Crippen molar-refractivity contribution in [2.24, 2.45) is 0 Å². The van der Waals surface area contributed by atoms with Crippen molar-refractivity contribution >= 4 is 11.6 Å². The summed E-state index contributed by atoms with van der Waals surface area (Å²) in [6, 6.07) is 5.34. The van der Waals surface area contributed by atoms with Crippen molar-refractivity contribution in [2.45, 2.75) is 13.8 Å². The van der Waals surface area contributed by atoms with Gasteiger partial charge in [-0.15, -0.1) is 0 Å². The minimum Gasteiger partial charge on any atom is -0.289 e. The third-order valence-corrected chi connectivity index (χ3v) is 2.39. The van der Waals surface area contributed by atoms with Gasteiger partial charge in [-0.25, -0.2) is 0 Å². The summed E-state index contributed by atoms with van der Waals surface area (Å²) in [6.45, 7) is 3.58. The number of carbonyl (C=O) groups excluding carboxylic acids is 2. The quantitative estimate of drug-likeness (QED) is 0.623. The molecule has 2 nitrogen and oxygen atoms in total. The number of benzene rings is 1. The molecule has 0 saturated carbocycles. The molecule has 14 heavy (non-hydrogen) atoms. The Bertz CT molecular complexity index is 467. The highest BCUT2D eigenvalue weighted by Crippen LogP contribution is 2.21. The summed E-state index contributed by atoms with van der Waals surface area (Å²) in [7, 11) is 0. The molecule has 0 unspecified atom stereocenters. The van der Waals surface area contributed by atoms with Crippen LogP contribution >= 0.6 is 0 Å². The number of allylic oxidation sites excluding steroid dienone is 2. The Morgan fingerprint density at radius 1 is 1.00 bits per heavy atom. The van der Waals surface area contributed by atoms with Crippen molar-refractivity contribution in [3.8, 4) is 0 Å². The third kappa shape index (κ3) is 1.20. The first-order valence-electron chi connectivity index (χ1n) is 4.47. The molecule has 0 aromatic heterocycles. The molecule has 0 atom stereocenters. The number of rotatable bonds is 0. The molecule has 0 bridgehead atoms. The van der Waals surface area contributed by atoms with E-state index in [-0.39, 0.29) is 11.6 Å². The number of hydrogen-bond acceptors (Lipinski definition) is 2. The van der Waals surface area contributed by atoms with E-state index in [1.807, 2.05) is 13.0 Å². The van der Waals surface area contributed by atoms with Crippen LogP contribution in [-0.4, -0.2) is 11.6 Å². The fourth-order valence-corrected chi connectivity index (χ4v) is 1.61. The van der Waals surface area contributed by atoms with Gasteiger partial charge >= 0.3 is 0 Å². The first kappa shape index (κ1) is 8.88. The van der Waals surface area contributed by atoms with Crippen LogP contribution in [0, 0.1) is 6.92 Å². The number of ketones is 2. The maximum atomic E-state index is 11.7. The van der Waals surface area contributed by atoms with E-state index in [1.54, 1.807) is 19.1 Å². The highest BCUT2D eigenvalue weighted by atomic mass is 16.1. The molecule has 2 heteroatoms. The molecular weight excluding hydrogens is 176 g/mol. The summed E-state index contributed by atoms with van der Waals surface area (Å²) in [4.78, 5) is 23.2. The van der Waals surface area contributed by atoms with Crippen LogP contribution in [0.25, 0.3) is 0 Å². The SMILES string of the molecule is CC1=CC(=O)c2cc(C)ccc2C1=O. The summed E-state index contributed by atoms with van der Waals surface area (Å²) in [5.41, 5.74) is 2.57. The summed E-state index contributed by atoms with van der Waals surface area (Å²) in [5, 5.41) is 0. The van der Waals surface area contributed by atoms with Crippen LogP contribution in [0.1, 0.15) is 33.2 Å². The monoisotopic (exact) mass is 186 g/mol. The van der Waals surface area contributed by atoms with Crippen molar-refractivity contribution in [2.75, 3.05) is 0 Å². The van der Waals surface area contributed by atoms with Crippen molar-refractivity contribution in [1.29, 1.82) is 0 Å². The van der Waals surface area contributed by atoms with E-state index in [2.05, 4.69) is 0 Å². The molecule has 0 amide bonds. The Morgan fingerprint density at radius 3 is 2.43 bits per heavy atom. The number of carbonyl (C=O) groups is 2. The Labute approximate surface area is 82.2 Å². The van der Waals surface area contributed by atoms with Gasteiger partial charge in [0.1, 0.15) is 0 Å². The Morgan fingerprint density at radius 2 is 1.71 bits per heavy atom. The third-order valence-electron chi connectivity index (χ3n) is 2.39. The number of fused-ring (bicyclic) bond motifs is 1. The minimum atomic E-state index is -0.0687. The van der Waals surface area contributed by atoms with E-state index >= 15 is 0 Å². The molecular formula is C12H10O2. The van der Waals surface area contributed by atoms with Crippen LogP contribution in [0.2, 0.25) is 0 Å². The zero-order valence-electron chi connectivity index (χ0n) is 8.13. The fourth-order valence-electron chi connectivity index (χ4n) is 1.61. The molecule has 0 N–H and O–H groups in total. The molecule has 0 radical (unpaired) electrons. The summed E-state index contributed by atoms with van der Waals surface area (Å²) in [5.74, 6) is -0.111. The van der Waals surface area contributed by atoms with E-state index in [0.717, 1.165) is 5.56 Å². The molecule has 0 spiro atoms. The second kappa shape index (κ2) is 2.91. The molecule has 0 fully saturated rings. The van der Waals surface area contributed by atoms with Crippen LogP contribution in [0.3, 0.4) is 0 Å². The maximum absolute atomic E-state index is 11.7. The summed E-state index contributed by atoms with van der Waals surface area (Å²) in [6.07, 6.45) is 1.41. The van der Waals surface area contributed by atoms with Gasteiger partial charge in [0.15, 0.2) is 11.6 Å². The van der Waals surface area contributed by atoms with Crippen molar-refractivity contribution in [3.05, 3.63) is 46.5 Å². The van der Waals surface area contributed by atoms with Crippen LogP contribution in [-0.2, 0) is 0 Å². The highest BCUT2D eigenvalue weighted by molar-refractivity contribution is 6.24. The summed E-state index contributed by atoms with van der Waals surface area (Å²) >= 11 is 0. The Hall–Kier alpha value is -1.70. The predicted molar refractivity (Wildman–Crippen MR) is 53.6 cm³/mol. The maximum Gasteiger partial charge on any atom is 0.189 e. The molecule has 0 heterocycles. The van der Waals surface area contributed by atoms with Gasteiger partial charge in [-0.2, -0.15) is 0 Å². The van der Waals surface area contributed by atoms with Crippen LogP contribution in [0.5, 0.6) is 0 Å². The largest absolute Gasteiger partial charge is 0.289 e. The first-order chi connectivity index (χ1) is 6.59. The van der Waals surface area contributed by atoms with E-state index in [4.69, 9.17) is 0 Å². The normalized spacial score (nSPS) is 15.1. The average molecular weight is 186 g/mol. The molecule has 0 aliphatic heterocycles. The average Bonchev–Trinajstić information content (AvgIpc) is 2.14. The Balaban J connectivity index is 2.69. The lowest BCUT2D eigenvalue weighted by atomic mass is 9.89. The zero-order chi connectivity index (χ0) is 10.3. The van der Waals surface area contributed by atoms with Crippen molar-refractivity contribution in [3.63, 3.8) is 0 Å². The van der Waals surface area contributed by atoms with Crippen LogP contribution in [0.15, 0.2) is 29.8 Å². The van der Waals surface area contributed by atoms with Gasteiger partial charge < -0.3 is 0 Å². The van der Waals surface area contributed by atoms with Crippen molar-refractivity contribution in [1.82, 2.24) is 0 Å². The molecule has 70 valence electrons. The molecule has 1 aromatic rings. The second-order valence-electron chi connectivity index (χ2n) is 3.57. The van der Waals surface area contributed by atoms with E-state index in [9.17, 15) is 9.59 Å². The fraction of sp³-hybridized carbons (Fsp3) is 0.167. The molecule has 0 saturated heterocycles. The van der Waals surface area contributed by atoms with E-state index in [1.165, 1.54) is 6.08 Å². The van der Waals surface area contributed by atoms with Crippen molar-refractivity contribution < 1.29 is 9.59 Å². The van der Waals surface area contributed by atoms with Gasteiger partial charge in [-0.3, -0.25) is 9.59 Å². The standard InChI is InChI=1S/C12H10O2/c1-7-3-4-9-10(5-7)11(13)6-8(2)12(9)14/h3-6H,1-2H3. The lowest BCUT2D eigenvalue weighted by molar-refractivity contribution is 0.0984. The van der Waals surface area contributed by atoms with Gasteiger partial charge in [0.25, 0.3) is 0 Å². The molecule has 1 aliphatic carbocycles. The van der Waals surface area contributed by atoms with Gasteiger partial charge in [-0.1, -0.05) is 17.7 Å². The lowest BCUT2D eigenvalue weighted by Gasteiger charge is -2.12. The van der Waals surface area contributed by atoms with Crippen LogP contribution < -0.4 is 0 Å². The highest BCUT2D eigenvalue weighted by Gasteiger charge is 2.22. The topological polar surface area (TPSA) is 34.1 Å². The predicted octanol–water partition coefficient (Wildman–Crippen LogP) is 2.32. The lowest BCUT2D eigenvalue weighted by Crippen LogP contribution is -2.15. The van der Waals surface area contributed by atoms with E-state index in [0.29, 0.717) is 16.7 Å². The second-order valence-corrected chi connectivity index (χ2v) is 3.57. The van der Waals surface area contributed by atoms with Gasteiger partial charge in [-0.05, 0) is 26.0 Å². The van der Waals surface area contributed by atoms with Gasteiger partial charge in [0, 0.05) is 16.7 Å². The van der Waals surface area contributed by atoms with Crippen LogP contribution in [0.4, 0.5) is 0 Å². The van der Waals surface area contributed by atoms with E-state index < -0.39 is 0 Å². The number of aryl methyl sites for hydroxylation is 1. The molecule has 2 rings (SSSR count). The number of hydrogen-bond donors (Lipinski definition) is 0. The molecule has 1 aromatic carbocycles. The molecule has 1 aliphatic rings. The summed E-state index contributed by atoms with van der Waals surface area (Å²) < 4.78 is 0. The van der Waals surface area contributed by atoms with Gasteiger partial charge in [0.05, 0.1) is 0 Å². The first-order valence-corrected chi connectivity index (χ1v) is 4.47. The smallest absolute Gasteiger partial charge is 0.189 e.